The molecule has 0 unspecified atom stereocenters. The summed E-state index contributed by atoms with van der Waals surface area (Å²) in [6.07, 6.45) is 2.08. The summed E-state index contributed by atoms with van der Waals surface area (Å²) in [7, 11) is 0. The maximum atomic E-state index is 12.5. The lowest BCUT2D eigenvalue weighted by Crippen LogP contribution is -2.35. The molecule has 6 nitrogen and oxygen atoms in total. The minimum atomic E-state index is -0.00940. The number of thiol groups is 2. The number of carbonyl (C=O) groups excluding carboxylic acids is 2. The molecular weight excluding hydrogens is 416 g/mol. The molecule has 0 aliphatic rings. The molecule has 0 saturated heterocycles. The van der Waals surface area contributed by atoms with Gasteiger partial charge in [0.15, 0.2) is 0 Å². The number of hydrogen-bond donors (Lipinski definition) is 4. The van der Waals surface area contributed by atoms with Crippen LogP contribution in [0.5, 0.6) is 0 Å². The van der Waals surface area contributed by atoms with Gasteiger partial charge in [-0.05, 0) is 61.4 Å². The highest BCUT2D eigenvalue weighted by molar-refractivity contribution is 7.80. The normalized spacial score (nSPS) is 10.7. The van der Waals surface area contributed by atoms with Gasteiger partial charge in [0, 0.05) is 60.2 Å². The monoisotopic (exact) mass is 446 g/mol. The number of anilines is 2. The van der Waals surface area contributed by atoms with Crippen LogP contribution >= 0.6 is 25.3 Å². The number of rotatable bonds is 11. The van der Waals surface area contributed by atoms with Crippen LogP contribution in [0.3, 0.4) is 0 Å². The predicted octanol–water partition coefficient (Wildman–Crippen LogP) is 3.11. The third-order valence-electron chi connectivity index (χ3n) is 4.65. The Kier molecular flexibility index (Phi) is 10.2. The van der Waals surface area contributed by atoms with Gasteiger partial charge in [-0.15, -0.1) is 25.3 Å². The number of nitrogens with zero attached hydrogens (tertiary/aromatic N) is 2. The first-order valence-electron chi connectivity index (χ1n) is 10.0. The first kappa shape index (κ1) is 24.3. The maximum absolute atomic E-state index is 12.5. The van der Waals surface area contributed by atoms with Crippen molar-refractivity contribution in [3.8, 4) is 0 Å². The van der Waals surface area contributed by atoms with E-state index in [1.807, 2.05) is 48.5 Å². The molecule has 8 heteroatoms. The van der Waals surface area contributed by atoms with E-state index in [2.05, 4.69) is 25.3 Å². The molecule has 0 aliphatic carbocycles. The zero-order chi connectivity index (χ0) is 21.9. The van der Waals surface area contributed by atoms with Gasteiger partial charge in [-0.1, -0.05) is 0 Å². The van der Waals surface area contributed by atoms with Crippen LogP contribution < -0.4 is 21.3 Å². The standard InChI is InChI=1S/C22H30N4O2S2/c23-13-11-21(27)25(17-3-7-19(29)8-4-17)15-1-2-16-26(22(28)12-14-24)18-5-9-20(30)10-6-18/h3-10,29-30H,1-2,11-16,23-24H2. The molecule has 0 saturated carbocycles. The van der Waals surface area contributed by atoms with Crippen molar-refractivity contribution in [2.24, 2.45) is 11.5 Å². The summed E-state index contributed by atoms with van der Waals surface area (Å²) >= 11 is 8.61. The third-order valence-corrected chi connectivity index (χ3v) is 5.25. The van der Waals surface area contributed by atoms with Crippen molar-refractivity contribution in [1.29, 1.82) is 0 Å². The summed E-state index contributed by atoms with van der Waals surface area (Å²) in [6.45, 7) is 1.73. The Bertz CT molecular complexity index is 743. The average Bonchev–Trinajstić information content (AvgIpc) is 2.73. The molecule has 0 spiro atoms. The molecular formula is C22H30N4O2S2. The number of amides is 2. The summed E-state index contributed by atoms with van der Waals surface area (Å²) in [5, 5.41) is 0. The van der Waals surface area contributed by atoms with E-state index in [9.17, 15) is 9.59 Å². The predicted molar refractivity (Wildman–Crippen MR) is 129 cm³/mol. The summed E-state index contributed by atoms with van der Waals surface area (Å²) in [5.74, 6) is -0.0188. The molecule has 0 aromatic heterocycles. The van der Waals surface area contributed by atoms with Gasteiger partial charge in [0.25, 0.3) is 0 Å². The Hall–Kier alpha value is -2.00. The van der Waals surface area contributed by atoms with Gasteiger partial charge in [-0.2, -0.15) is 0 Å². The van der Waals surface area contributed by atoms with Gasteiger partial charge >= 0.3 is 0 Å². The lowest BCUT2D eigenvalue weighted by Gasteiger charge is -2.25. The van der Waals surface area contributed by atoms with Crippen LogP contribution in [0.15, 0.2) is 58.3 Å². The summed E-state index contributed by atoms with van der Waals surface area (Å²) in [5.41, 5.74) is 12.8. The molecule has 2 rings (SSSR count). The average molecular weight is 447 g/mol. The van der Waals surface area contributed by atoms with E-state index in [1.165, 1.54) is 0 Å². The summed E-state index contributed by atoms with van der Waals surface area (Å²) in [4.78, 5) is 30.3. The van der Waals surface area contributed by atoms with E-state index in [1.54, 1.807) is 9.80 Å². The molecule has 0 atom stereocenters. The minimum absolute atomic E-state index is 0.00940. The zero-order valence-corrected chi connectivity index (χ0v) is 18.8. The molecule has 0 bridgehead atoms. The molecule has 0 radical (unpaired) electrons. The van der Waals surface area contributed by atoms with E-state index in [0.29, 0.717) is 39.0 Å². The van der Waals surface area contributed by atoms with E-state index in [4.69, 9.17) is 11.5 Å². The number of nitrogens with two attached hydrogens (primary N) is 2. The Balaban J connectivity index is 2.02. The van der Waals surface area contributed by atoms with E-state index in [-0.39, 0.29) is 11.8 Å². The zero-order valence-electron chi connectivity index (χ0n) is 17.0. The van der Waals surface area contributed by atoms with Crippen LogP contribution in [-0.4, -0.2) is 38.0 Å². The highest BCUT2D eigenvalue weighted by atomic mass is 32.1. The van der Waals surface area contributed by atoms with E-state index >= 15 is 0 Å². The second-order valence-corrected chi connectivity index (χ2v) is 7.94. The highest BCUT2D eigenvalue weighted by Gasteiger charge is 2.17. The molecule has 4 N–H and O–H groups in total. The molecule has 2 amide bonds. The second-order valence-electron chi connectivity index (χ2n) is 6.91. The quantitative estimate of drug-likeness (QED) is 0.315. The largest absolute Gasteiger partial charge is 0.330 e. The van der Waals surface area contributed by atoms with E-state index < -0.39 is 0 Å². The lowest BCUT2D eigenvalue weighted by molar-refractivity contribution is -0.119. The smallest absolute Gasteiger partial charge is 0.228 e. The van der Waals surface area contributed by atoms with E-state index in [0.717, 1.165) is 34.0 Å². The minimum Gasteiger partial charge on any atom is -0.330 e. The Morgan fingerprint density at radius 1 is 0.667 bits per heavy atom. The van der Waals surface area contributed by atoms with Gasteiger partial charge in [-0.3, -0.25) is 9.59 Å². The topological polar surface area (TPSA) is 92.7 Å². The van der Waals surface area contributed by atoms with Gasteiger partial charge in [0.2, 0.25) is 11.8 Å². The Labute approximate surface area is 189 Å². The van der Waals surface area contributed by atoms with Crippen molar-refractivity contribution >= 4 is 48.4 Å². The van der Waals surface area contributed by atoms with Crippen molar-refractivity contribution < 1.29 is 9.59 Å². The van der Waals surface area contributed by atoms with Gasteiger partial charge in [0.1, 0.15) is 0 Å². The molecule has 0 aliphatic heterocycles. The Morgan fingerprint density at radius 2 is 1.00 bits per heavy atom. The molecule has 30 heavy (non-hydrogen) atoms. The summed E-state index contributed by atoms with van der Waals surface area (Å²) < 4.78 is 0. The SMILES string of the molecule is NCCC(=O)N(CCCCN(C(=O)CCN)c1ccc(S)cc1)c1ccc(S)cc1. The fraction of sp³-hybridized carbons (Fsp3) is 0.364. The molecule has 162 valence electrons. The Morgan fingerprint density at radius 3 is 1.30 bits per heavy atom. The van der Waals surface area contributed by atoms with Gasteiger partial charge in [-0.25, -0.2) is 0 Å². The van der Waals surface area contributed by atoms with Crippen molar-refractivity contribution in [2.75, 3.05) is 36.0 Å². The first-order chi connectivity index (χ1) is 14.5. The van der Waals surface area contributed by atoms with Crippen molar-refractivity contribution in [3.05, 3.63) is 48.5 Å². The number of hydrogen-bond acceptors (Lipinski definition) is 6. The molecule has 0 heterocycles. The molecule has 2 aromatic carbocycles. The van der Waals surface area contributed by atoms with Crippen LogP contribution in [0.4, 0.5) is 11.4 Å². The van der Waals surface area contributed by atoms with Crippen LogP contribution in [0.1, 0.15) is 25.7 Å². The lowest BCUT2D eigenvalue weighted by atomic mass is 10.2. The first-order valence-corrected chi connectivity index (χ1v) is 10.9. The van der Waals surface area contributed by atoms with Crippen LogP contribution in [0.25, 0.3) is 0 Å². The van der Waals surface area contributed by atoms with Gasteiger partial charge in [0.05, 0.1) is 0 Å². The highest BCUT2D eigenvalue weighted by Crippen LogP contribution is 2.21. The van der Waals surface area contributed by atoms with Crippen molar-refractivity contribution in [2.45, 2.75) is 35.5 Å². The number of unbranched alkanes of at least 4 members (excludes halogenated alkanes) is 1. The van der Waals surface area contributed by atoms with Crippen LogP contribution in [-0.2, 0) is 9.59 Å². The number of carbonyl (C=O) groups is 2. The third kappa shape index (κ3) is 7.36. The van der Waals surface area contributed by atoms with Crippen molar-refractivity contribution in [1.82, 2.24) is 0 Å². The van der Waals surface area contributed by atoms with Crippen LogP contribution in [0.2, 0.25) is 0 Å². The fourth-order valence-corrected chi connectivity index (χ4v) is 3.42. The van der Waals surface area contributed by atoms with Crippen molar-refractivity contribution in [3.63, 3.8) is 0 Å². The second kappa shape index (κ2) is 12.6. The van der Waals surface area contributed by atoms with Gasteiger partial charge < -0.3 is 21.3 Å². The fourth-order valence-electron chi connectivity index (χ4n) is 3.12. The molecule has 0 fully saturated rings. The maximum Gasteiger partial charge on any atom is 0.228 e. The summed E-state index contributed by atoms with van der Waals surface area (Å²) in [6, 6.07) is 15.0. The van der Waals surface area contributed by atoms with Crippen LogP contribution in [0, 0.1) is 0 Å². The number of benzene rings is 2. The molecule has 2 aromatic rings.